The summed E-state index contributed by atoms with van der Waals surface area (Å²) < 4.78 is 23.6. The highest BCUT2D eigenvalue weighted by Crippen LogP contribution is 2.22. The van der Waals surface area contributed by atoms with Gasteiger partial charge in [-0.3, -0.25) is 0 Å². The van der Waals surface area contributed by atoms with E-state index in [1.165, 1.54) is 0 Å². The molecule has 0 spiro atoms. The number of aliphatic hydroxyl groups excluding tert-OH is 2. The second-order valence-corrected chi connectivity index (χ2v) is 7.95. The van der Waals surface area contributed by atoms with Gasteiger partial charge in [0.2, 0.25) is 0 Å². The molecule has 0 saturated carbocycles. The molecule has 0 aliphatic heterocycles. The normalized spacial score (nSPS) is 14.4. The maximum absolute atomic E-state index is 11.8. The highest BCUT2D eigenvalue weighted by Gasteiger charge is 2.18. The predicted octanol–water partition coefficient (Wildman–Crippen LogP) is 1.25. The van der Waals surface area contributed by atoms with E-state index >= 15 is 0 Å². The van der Waals surface area contributed by atoms with Crippen LogP contribution in [0.25, 0.3) is 0 Å². The first kappa shape index (κ1) is 16.1. The first-order valence-corrected chi connectivity index (χ1v) is 8.05. The molecule has 19 heavy (non-hydrogen) atoms. The Morgan fingerprint density at radius 3 is 2.11 bits per heavy atom. The van der Waals surface area contributed by atoms with Crippen LogP contribution in [-0.4, -0.2) is 37.1 Å². The largest absolute Gasteiger partial charge is 0.394 e. The van der Waals surface area contributed by atoms with Gasteiger partial charge in [0.1, 0.15) is 0 Å². The molecule has 4 nitrogen and oxygen atoms in total. The van der Waals surface area contributed by atoms with Crippen molar-refractivity contribution in [2.45, 2.75) is 38.0 Å². The van der Waals surface area contributed by atoms with Gasteiger partial charge in [0.15, 0.2) is 9.84 Å². The van der Waals surface area contributed by atoms with E-state index in [9.17, 15) is 13.5 Å². The maximum Gasteiger partial charge on any atom is 0.157 e. The van der Waals surface area contributed by atoms with Gasteiger partial charge in [0.25, 0.3) is 0 Å². The Balaban J connectivity index is 2.78. The zero-order chi connectivity index (χ0) is 14.7. The fourth-order valence-corrected chi connectivity index (χ4v) is 3.27. The second kappa shape index (κ2) is 6.03. The van der Waals surface area contributed by atoms with E-state index in [0.29, 0.717) is 5.56 Å². The molecule has 1 aromatic carbocycles. The van der Waals surface area contributed by atoms with Crippen LogP contribution in [0.4, 0.5) is 0 Å². The minimum atomic E-state index is -3.40. The van der Waals surface area contributed by atoms with Crippen LogP contribution >= 0.6 is 0 Å². The first-order valence-electron chi connectivity index (χ1n) is 6.23. The standard InChI is InChI=1S/C14H22O4S/c1-14(2,3)12-6-4-11(5-7-12)9-19(17,18)10-13(16)8-15/h4-7,13,15-16H,8-10H2,1-3H3/t13-/m1/s1. The Kier molecular flexibility index (Phi) is 5.12. The number of hydrogen-bond donors (Lipinski definition) is 2. The molecule has 0 saturated heterocycles. The number of sulfone groups is 1. The van der Waals surface area contributed by atoms with Crippen molar-refractivity contribution >= 4 is 9.84 Å². The molecule has 0 unspecified atom stereocenters. The zero-order valence-electron chi connectivity index (χ0n) is 11.6. The van der Waals surface area contributed by atoms with Gasteiger partial charge in [-0.05, 0) is 16.5 Å². The lowest BCUT2D eigenvalue weighted by Crippen LogP contribution is -2.25. The third-order valence-corrected chi connectivity index (χ3v) is 4.53. The Labute approximate surface area is 115 Å². The monoisotopic (exact) mass is 286 g/mol. The molecule has 1 aromatic rings. The minimum absolute atomic E-state index is 0.0322. The van der Waals surface area contributed by atoms with Gasteiger partial charge < -0.3 is 10.2 Å². The third-order valence-electron chi connectivity index (χ3n) is 2.86. The van der Waals surface area contributed by atoms with Gasteiger partial charge in [-0.25, -0.2) is 8.42 Å². The molecule has 108 valence electrons. The molecule has 0 fully saturated rings. The average molecular weight is 286 g/mol. The van der Waals surface area contributed by atoms with E-state index in [0.717, 1.165) is 5.56 Å². The topological polar surface area (TPSA) is 74.6 Å². The van der Waals surface area contributed by atoms with Crippen LogP contribution < -0.4 is 0 Å². The lowest BCUT2D eigenvalue weighted by atomic mass is 9.87. The predicted molar refractivity (Wildman–Crippen MR) is 75.7 cm³/mol. The molecule has 1 rings (SSSR count). The molecule has 5 heteroatoms. The number of benzene rings is 1. The van der Waals surface area contributed by atoms with Crippen LogP contribution in [0.3, 0.4) is 0 Å². The molecule has 0 aliphatic rings. The van der Waals surface area contributed by atoms with Gasteiger partial charge >= 0.3 is 0 Å². The van der Waals surface area contributed by atoms with Crippen molar-refractivity contribution in [3.05, 3.63) is 35.4 Å². The zero-order valence-corrected chi connectivity index (χ0v) is 12.4. The van der Waals surface area contributed by atoms with Crippen molar-refractivity contribution in [3.63, 3.8) is 0 Å². The van der Waals surface area contributed by atoms with Crippen LogP contribution in [0.15, 0.2) is 24.3 Å². The van der Waals surface area contributed by atoms with Crippen molar-refractivity contribution in [3.8, 4) is 0 Å². The van der Waals surface area contributed by atoms with Crippen LogP contribution in [0.1, 0.15) is 31.9 Å². The van der Waals surface area contributed by atoms with Crippen molar-refractivity contribution in [2.75, 3.05) is 12.4 Å². The molecule has 1 atom stereocenters. The molecule has 0 bridgehead atoms. The van der Waals surface area contributed by atoms with E-state index in [2.05, 4.69) is 20.8 Å². The van der Waals surface area contributed by atoms with Crippen LogP contribution in [0.2, 0.25) is 0 Å². The molecular weight excluding hydrogens is 264 g/mol. The van der Waals surface area contributed by atoms with Crippen LogP contribution in [-0.2, 0) is 21.0 Å². The average Bonchev–Trinajstić information content (AvgIpc) is 2.27. The maximum atomic E-state index is 11.8. The number of aliphatic hydroxyl groups is 2. The summed E-state index contributed by atoms with van der Waals surface area (Å²) in [5.41, 5.74) is 1.87. The SMILES string of the molecule is CC(C)(C)c1ccc(CS(=O)(=O)C[C@H](O)CO)cc1. The summed E-state index contributed by atoms with van der Waals surface area (Å²) >= 11 is 0. The first-order chi connectivity index (χ1) is 8.64. The van der Waals surface area contributed by atoms with Gasteiger partial charge in [0, 0.05) is 0 Å². The lowest BCUT2D eigenvalue weighted by molar-refractivity contribution is 0.112. The number of rotatable bonds is 5. The Bertz CT molecular complexity index is 497. The van der Waals surface area contributed by atoms with Gasteiger partial charge in [-0.15, -0.1) is 0 Å². The highest BCUT2D eigenvalue weighted by atomic mass is 32.2. The summed E-state index contributed by atoms with van der Waals surface area (Å²) in [5, 5.41) is 17.9. The molecule has 2 N–H and O–H groups in total. The van der Waals surface area contributed by atoms with Crippen molar-refractivity contribution in [1.29, 1.82) is 0 Å². The quantitative estimate of drug-likeness (QED) is 0.854. The van der Waals surface area contributed by atoms with Gasteiger partial charge in [-0.2, -0.15) is 0 Å². The second-order valence-electron chi connectivity index (χ2n) is 5.84. The van der Waals surface area contributed by atoms with Crippen molar-refractivity contribution in [1.82, 2.24) is 0 Å². The Morgan fingerprint density at radius 2 is 1.68 bits per heavy atom. The summed E-state index contributed by atoms with van der Waals surface area (Å²) in [7, 11) is -3.40. The molecule has 0 aromatic heterocycles. The van der Waals surface area contributed by atoms with E-state index in [1.54, 1.807) is 12.1 Å². The van der Waals surface area contributed by atoms with Crippen molar-refractivity contribution in [2.24, 2.45) is 0 Å². The smallest absolute Gasteiger partial charge is 0.157 e. The summed E-state index contributed by atoms with van der Waals surface area (Å²) in [5.74, 6) is -0.529. The molecule has 0 aliphatic carbocycles. The molecule has 0 heterocycles. The third kappa shape index (κ3) is 5.30. The fourth-order valence-electron chi connectivity index (χ4n) is 1.76. The Morgan fingerprint density at radius 1 is 1.16 bits per heavy atom. The Hall–Kier alpha value is -0.910. The van der Waals surface area contributed by atoms with Crippen LogP contribution in [0.5, 0.6) is 0 Å². The fraction of sp³-hybridized carbons (Fsp3) is 0.571. The minimum Gasteiger partial charge on any atom is -0.394 e. The molecule has 0 radical (unpaired) electrons. The van der Waals surface area contributed by atoms with E-state index in [-0.39, 0.29) is 11.2 Å². The highest BCUT2D eigenvalue weighted by molar-refractivity contribution is 7.90. The van der Waals surface area contributed by atoms with Gasteiger partial charge in [-0.1, -0.05) is 45.0 Å². The molecular formula is C14H22O4S. The van der Waals surface area contributed by atoms with E-state index in [1.807, 2.05) is 12.1 Å². The van der Waals surface area contributed by atoms with E-state index in [4.69, 9.17) is 5.11 Å². The number of hydrogen-bond acceptors (Lipinski definition) is 4. The van der Waals surface area contributed by atoms with Crippen LogP contribution in [0, 0.1) is 0 Å². The summed E-state index contributed by atoms with van der Waals surface area (Å²) in [6.45, 7) is 5.74. The summed E-state index contributed by atoms with van der Waals surface area (Å²) in [6.07, 6.45) is -1.21. The van der Waals surface area contributed by atoms with E-state index < -0.39 is 28.3 Å². The lowest BCUT2D eigenvalue weighted by Gasteiger charge is -2.19. The van der Waals surface area contributed by atoms with Gasteiger partial charge in [0.05, 0.1) is 24.2 Å². The summed E-state index contributed by atoms with van der Waals surface area (Å²) in [6, 6.07) is 7.44. The molecule has 0 amide bonds. The summed E-state index contributed by atoms with van der Waals surface area (Å²) in [4.78, 5) is 0. The van der Waals surface area contributed by atoms with Crippen molar-refractivity contribution < 1.29 is 18.6 Å².